The molecule has 14 heavy (non-hydrogen) atoms. The average molecular weight is 216 g/mol. The molecule has 0 bridgehead atoms. The molecule has 1 aromatic heterocycles. The molecule has 0 atom stereocenters. The van der Waals surface area contributed by atoms with Gasteiger partial charge in [-0.05, 0) is 6.92 Å². The Labute approximate surface area is 88.1 Å². The number of hydrogen-bond donors (Lipinski definition) is 1. The van der Waals surface area contributed by atoms with E-state index in [1.54, 1.807) is 18.4 Å². The number of methoxy groups -OCH3 is 1. The van der Waals surface area contributed by atoms with Crippen LogP contribution in [0.4, 0.5) is 5.13 Å². The summed E-state index contributed by atoms with van der Waals surface area (Å²) < 4.78 is 5.00. The number of anilines is 1. The van der Waals surface area contributed by atoms with Gasteiger partial charge in [0.1, 0.15) is 0 Å². The number of aliphatic hydroxyl groups is 1. The maximum Gasteiger partial charge on any atom is 0.185 e. The molecule has 0 fully saturated rings. The Balaban J connectivity index is 2.57. The lowest BCUT2D eigenvalue weighted by Crippen LogP contribution is -2.30. The van der Waals surface area contributed by atoms with E-state index < -0.39 is 0 Å². The molecular formula is C9H16N2O2S. The normalized spacial score (nSPS) is 10.5. The Morgan fingerprint density at radius 3 is 2.86 bits per heavy atom. The molecular weight excluding hydrogens is 200 g/mol. The molecule has 1 heterocycles. The summed E-state index contributed by atoms with van der Waals surface area (Å²) in [7, 11) is 1.67. The van der Waals surface area contributed by atoms with Crippen LogP contribution >= 0.6 is 11.3 Å². The Kier molecular flexibility index (Phi) is 4.86. The Morgan fingerprint density at radius 1 is 1.57 bits per heavy atom. The number of aromatic nitrogens is 1. The number of ether oxygens (including phenoxy) is 1. The molecule has 0 aromatic carbocycles. The van der Waals surface area contributed by atoms with Gasteiger partial charge in [0.2, 0.25) is 0 Å². The van der Waals surface area contributed by atoms with E-state index in [1.165, 1.54) is 0 Å². The zero-order valence-corrected chi connectivity index (χ0v) is 9.38. The van der Waals surface area contributed by atoms with Crippen LogP contribution in [0.3, 0.4) is 0 Å². The first-order valence-corrected chi connectivity index (χ1v) is 5.42. The van der Waals surface area contributed by atoms with Gasteiger partial charge in [0.25, 0.3) is 0 Å². The molecule has 0 saturated heterocycles. The molecule has 1 N–H and O–H groups in total. The van der Waals surface area contributed by atoms with Crippen molar-refractivity contribution in [2.24, 2.45) is 0 Å². The van der Waals surface area contributed by atoms with Crippen molar-refractivity contribution in [3.05, 3.63) is 11.1 Å². The number of rotatable bonds is 6. The topological polar surface area (TPSA) is 45.6 Å². The van der Waals surface area contributed by atoms with E-state index in [9.17, 15) is 0 Å². The number of nitrogens with zero attached hydrogens (tertiary/aromatic N) is 2. The summed E-state index contributed by atoms with van der Waals surface area (Å²) in [6.07, 6.45) is 0. The number of hydrogen-bond acceptors (Lipinski definition) is 5. The molecule has 0 radical (unpaired) electrons. The van der Waals surface area contributed by atoms with Crippen LogP contribution in [0.15, 0.2) is 5.38 Å². The standard InChI is InChI=1S/C9H16N2O2S/c1-8-7-14-9(10-8)11(3-5-12)4-6-13-2/h7,12H,3-6H2,1-2H3. The minimum atomic E-state index is 0.141. The van der Waals surface area contributed by atoms with Crippen LogP contribution in [0, 0.1) is 6.92 Å². The molecule has 1 aromatic rings. The highest BCUT2D eigenvalue weighted by Crippen LogP contribution is 2.19. The summed E-state index contributed by atoms with van der Waals surface area (Å²) in [6.45, 7) is 4.13. The summed E-state index contributed by atoms with van der Waals surface area (Å²) in [5.74, 6) is 0. The van der Waals surface area contributed by atoms with E-state index in [2.05, 4.69) is 4.98 Å². The van der Waals surface area contributed by atoms with E-state index in [0.717, 1.165) is 17.4 Å². The summed E-state index contributed by atoms with van der Waals surface area (Å²) >= 11 is 1.60. The number of aliphatic hydroxyl groups excluding tert-OH is 1. The van der Waals surface area contributed by atoms with E-state index in [-0.39, 0.29) is 6.61 Å². The van der Waals surface area contributed by atoms with Gasteiger partial charge in [0, 0.05) is 25.6 Å². The lowest BCUT2D eigenvalue weighted by molar-refractivity contribution is 0.203. The van der Waals surface area contributed by atoms with Crippen molar-refractivity contribution in [1.29, 1.82) is 0 Å². The monoisotopic (exact) mass is 216 g/mol. The van der Waals surface area contributed by atoms with Gasteiger partial charge in [-0.25, -0.2) is 4.98 Å². The highest BCUT2D eigenvalue weighted by molar-refractivity contribution is 7.13. The van der Waals surface area contributed by atoms with Crippen molar-refractivity contribution < 1.29 is 9.84 Å². The molecule has 0 spiro atoms. The minimum Gasteiger partial charge on any atom is -0.395 e. The Bertz CT molecular complexity index is 265. The second-order valence-electron chi connectivity index (χ2n) is 2.97. The second-order valence-corrected chi connectivity index (χ2v) is 3.81. The molecule has 0 saturated carbocycles. The largest absolute Gasteiger partial charge is 0.395 e. The maximum atomic E-state index is 8.90. The summed E-state index contributed by atoms with van der Waals surface area (Å²) in [4.78, 5) is 6.39. The zero-order chi connectivity index (χ0) is 10.4. The highest BCUT2D eigenvalue weighted by Gasteiger charge is 2.08. The van der Waals surface area contributed by atoms with Gasteiger partial charge in [0.05, 0.1) is 18.9 Å². The Morgan fingerprint density at radius 2 is 2.36 bits per heavy atom. The number of aryl methyl sites for hydroxylation is 1. The van der Waals surface area contributed by atoms with Gasteiger partial charge in [-0.15, -0.1) is 11.3 Å². The van der Waals surface area contributed by atoms with Crippen LogP contribution < -0.4 is 4.90 Å². The third-order valence-corrected chi connectivity index (χ3v) is 2.83. The maximum absolute atomic E-state index is 8.90. The molecule has 4 nitrogen and oxygen atoms in total. The first-order chi connectivity index (χ1) is 6.77. The Hall–Kier alpha value is -0.650. The van der Waals surface area contributed by atoms with Crippen LogP contribution in [0.5, 0.6) is 0 Å². The van der Waals surface area contributed by atoms with Crippen LogP contribution in [-0.4, -0.2) is 43.5 Å². The number of thiazole rings is 1. The summed E-state index contributed by atoms with van der Waals surface area (Å²) in [5, 5.41) is 11.9. The minimum absolute atomic E-state index is 0.141. The molecule has 0 aliphatic carbocycles. The van der Waals surface area contributed by atoms with Crippen molar-refractivity contribution in [2.75, 3.05) is 38.3 Å². The van der Waals surface area contributed by atoms with Crippen LogP contribution in [0.1, 0.15) is 5.69 Å². The van der Waals surface area contributed by atoms with Crippen LogP contribution in [0.25, 0.3) is 0 Å². The van der Waals surface area contributed by atoms with Crippen molar-refractivity contribution in [3.8, 4) is 0 Å². The molecule has 0 unspecified atom stereocenters. The van der Waals surface area contributed by atoms with Gasteiger partial charge in [-0.2, -0.15) is 0 Å². The molecule has 5 heteroatoms. The van der Waals surface area contributed by atoms with E-state index in [1.807, 2.05) is 17.2 Å². The fourth-order valence-electron chi connectivity index (χ4n) is 1.11. The molecule has 0 amide bonds. The fourth-order valence-corrected chi connectivity index (χ4v) is 1.97. The van der Waals surface area contributed by atoms with E-state index in [4.69, 9.17) is 9.84 Å². The molecule has 0 aliphatic heterocycles. The molecule has 1 rings (SSSR count). The first-order valence-electron chi connectivity index (χ1n) is 4.54. The quantitative estimate of drug-likeness (QED) is 0.767. The van der Waals surface area contributed by atoms with Crippen molar-refractivity contribution >= 4 is 16.5 Å². The van der Waals surface area contributed by atoms with E-state index in [0.29, 0.717) is 13.2 Å². The van der Waals surface area contributed by atoms with Crippen molar-refractivity contribution in [3.63, 3.8) is 0 Å². The SMILES string of the molecule is COCCN(CCO)c1nc(C)cs1. The van der Waals surface area contributed by atoms with Gasteiger partial charge in [0.15, 0.2) is 5.13 Å². The third-order valence-electron chi connectivity index (χ3n) is 1.81. The van der Waals surface area contributed by atoms with Gasteiger partial charge in [-0.3, -0.25) is 0 Å². The van der Waals surface area contributed by atoms with Gasteiger partial charge >= 0.3 is 0 Å². The van der Waals surface area contributed by atoms with Gasteiger partial charge in [-0.1, -0.05) is 0 Å². The van der Waals surface area contributed by atoms with Crippen LogP contribution in [-0.2, 0) is 4.74 Å². The molecule has 80 valence electrons. The van der Waals surface area contributed by atoms with Crippen LogP contribution in [0.2, 0.25) is 0 Å². The zero-order valence-electron chi connectivity index (χ0n) is 8.56. The predicted octanol–water partition coefficient (Wildman–Crippen LogP) is 0.897. The van der Waals surface area contributed by atoms with Gasteiger partial charge < -0.3 is 14.7 Å². The lowest BCUT2D eigenvalue weighted by atomic mass is 10.5. The third kappa shape index (κ3) is 3.25. The summed E-state index contributed by atoms with van der Waals surface area (Å²) in [6, 6.07) is 0. The summed E-state index contributed by atoms with van der Waals surface area (Å²) in [5.41, 5.74) is 1.02. The second kappa shape index (κ2) is 5.95. The molecule has 0 aliphatic rings. The first kappa shape index (κ1) is 11.4. The smallest absolute Gasteiger partial charge is 0.185 e. The lowest BCUT2D eigenvalue weighted by Gasteiger charge is -2.19. The van der Waals surface area contributed by atoms with Crippen molar-refractivity contribution in [2.45, 2.75) is 6.92 Å². The fraction of sp³-hybridized carbons (Fsp3) is 0.667. The highest BCUT2D eigenvalue weighted by atomic mass is 32.1. The average Bonchev–Trinajstić information content (AvgIpc) is 2.59. The predicted molar refractivity (Wildman–Crippen MR) is 58.0 cm³/mol. The van der Waals surface area contributed by atoms with Crippen molar-refractivity contribution in [1.82, 2.24) is 4.98 Å². The van der Waals surface area contributed by atoms with E-state index >= 15 is 0 Å².